The molecule has 0 heterocycles. The molecule has 19 heteroatoms. The molecule has 0 fully saturated rings. The lowest BCUT2D eigenvalue weighted by Crippen LogP contribution is -2.34. The first-order valence-corrected chi connectivity index (χ1v) is 43.3. The van der Waals surface area contributed by atoms with E-state index in [-0.39, 0.29) is 56.2 Å². The zero-order valence-corrected chi connectivity index (χ0v) is 63.0. The third-order valence-electron chi connectivity index (χ3n) is 16.3. The average molecular weight is 1360 g/mol. The minimum Gasteiger partial charge on any atom is -0.465 e. The van der Waals surface area contributed by atoms with Crippen molar-refractivity contribution in [2.75, 3.05) is 132 Å². The number of hydrogen-bond acceptors (Lipinski definition) is 19. The SMILES string of the molecule is CCCCCC(CCC)CSSCCOC(=O)CCN(CCCN(C)CCCN(CCC(=O)OCCS)CCC(=O)OCCSSCC(CCCCC)CC(C)C(CC)CCC(CS)CCC)CCC(=O)OCCSSCC(CCC)CCCCC. The second kappa shape index (κ2) is 64.3. The third kappa shape index (κ3) is 54.0. The van der Waals surface area contributed by atoms with Crippen molar-refractivity contribution in [3.8, 4) is 0 Å². The van der Waals surface area contributed by atoms with Gasteiger partial charge in [0.25, 0.3) is 0 Å². The van der Waals surface area contributed by atoms with Crippen LogP contribution >= 0.6 is 90.0 Å². The Kier molecular flexibility index (Phi) is 64.7. The summed E-state index contributed by atoms with van der Waals surface area (Å²) in [5.41, 5.74) is 0. The fourth-order valence-electron chi connectivity index (χ4n) is 11.1. The standard InChI is InChI=1S/C67H131N3O8S8/c1-10-17-20-28-60(26-14-5)55-84-81-50-46-76-65(72)35-43-70(44-36-66(73)77-47-51-82-85-56-61(27-15-6)29-21-18-11-2)40-24-38-68(9)37-23-39-69(41-33-64(71)75-45-49-79)42-34-67(74)78-48-52-83-86-57-62(30-22-19-12-3)53-58(8)63(16-7)32-31-59(54-80)25-13-4/h58-63,79-80H,10-57H2,1-9H3. The molecule has 6 atom stereocenters. The number of esters is 4. The van der Waals surface area contributed by atoms with Gasteiger partial charge in [0.2, 0.25) is 0 Å². The number of rotatable bonds is 66. The average Bonchev–Trinajstić information content (AvgIpc) is 3.50. The summed E-state index contributed by atoms with van der Waals surface area (Å²) >= 11 is 8.85. The second-order valence-corrected chi connectivity index (χ2v) is 32.8. The zero-order valence-electron chi connectivity index (χ0n) is 56.4. The van der Waals surface area contributed by atoms with Gasteiger partial charge < -0.3 is 33.6 Å². The number of carbonyl (C=O) groups is 4. The van der Waals surface area contributed by atoms with E-state index in [9.17, 15) is 19.2 Å². The maximum Gasteiger partial charge on any atom is 0.307 e. The van der Waals surface area contributed by atoms with E-state index in [1.807, 2.05) is 64.8 Å². The predicted octanol–water partition coefficient (Wildman–Crippen LogP) is 18.5. The second-order valence-electron chi connectivity index (χ2n) is 24.1. The van der Waals surface area contributed by atoms with Gasteiger partial charge in [-0.05, 0) is 145 Å². The molecule has 0 spiro atoms. The van der Waals surface area contributed by atoms with Crippen LogP contribution in [-0.4, -0.2) is 170 Å². The first kappa shape index (κ1) is 86.6. The summed E-state index contributed by atoms with van der Waals surface area (Å²) in [5.74, 6) is 10.9. The van der Waals surface area contributed by atoms with Crippen LogP contribution in [0.25, 0.3) is 0 Å². The molecule has 0 saturated heterocycles. The predicted molar refractivity (Wildman–Crippen MR) is 392 cm³/mol. The maximum atomic E-state index is 13.1. The van der Waals surface area contributed by atoms with Gasteiger partial charge in [-0.25, -0.2) is 0 Å². The maximum absolute atomic E-state index is 13.1. The highest BCUT2D eigenvalue weighted by Crippen LogP contribution is 2.35. The Morgan fingerprint density at radius 3 is 1.13 bits per heavy atom. The lowest BCUT2D eigenvalue weighted by molar-refractivity contribution is -0.145. The summed E-state index contributed by atoms with van der Waals surface area (Å²) in [7, 11) is 13.3. The van der Waals surface area contributed by atoms with Gasteiger partial charge in [-0.15, -0.1) is 0 Å². The van der Waals surface area contributed by atoms with Crippen molar-refractivity contribution in [3.05, 3.63) is 0 Å². The molecule has 0 aromatic heterocycles. The van der Waals surface area contributed by atoms with Crippen molar-refractivity contribution in [1.82, 2.24) is 14.7 Å². The highest BCUT2D eigenvalue weighted by molar-refractivity contribution is 8.77. The molecule has 510 valence electrons. The first-order valence-electron chi connectivity index (χ1n) is 34.5. The Bertz CT molecular complexity index is 1500. The Labute approximate surface area is 564 Å². The molecule has 0 radical (unpaired) electrons. The van der Waals surface area contributed by atoms with Crippen LogP contribution < -0.4 is 0 Å². The minimum atomic E-state index is -0.254. The van der Waals surface area contributed by atoms with E-state index in [4.69, 9.17) is 18.9 Å². The van der Waals surface area contributed by atoms with Crippen LogP contribution in [0, 0.1) is 35.5 Å². The molecular weight excluding hydrogens is 1230 g/mol. The van der Waals surface area contributed by atoms with E-state index in [0.717, 1.165) is 109 Å². The van der Waals surface area contributed by atoms with Crippen LogP contribution in [0.15, 0.2) is 0 Å². The smallest absolute Gasteiger partial charge is 0.307 e. The minimum absolute atomic E-state index is 0.194. The Balaban J connectivity index is 5.28. The largest absolute Gasteiger partial charge is 0.465 e. The molecule has 0 aliphatic carbocycles. The number of thiol groups is 2. The third-order valence-corrected chi connectivity index (χ3v) is 24.6. The van der Waals surface area contributed by atoms with E-state index in [2.05, 4.69) is 102 Å². The van der Waals surface area contributed by atoms with Gasteiger partial charge in [0.15, 0.2) is 0 Å². The molecule has 11 nitrogen and oxygen atoms in total. The van der Waals surface area contributed by atoms with Crippen LogP contribution in [0.4, 0.5) is 0 Å². The van der Waals surface area contributed by atoms with Crippen LogP contribution in [0.1, 0.15) is 235 Å². The Morgan fingerprint density at radius 1 is 0.395 bits per heavy atom. The summed E-state index contributed by atoms with van der Waals surface area (Å²) in [4.78, 5) is 58.3. The Hall–Kier alpha value is 0.560. The van der Waals surface area contributed by atoms with Gasteiger partial charge in [0.1, 0.15) is 26.4 Å². The van der Waals surface area contributed by atoms with Crippen molar-refractivity contribution in [1.29, 1.82) is 0 Å². The molecular formula is C67H131N3O8S8. The van der Waals surface area contributed by atoms with Crippen molar-refractivity contribution in [2.24, 2.45) is 35.5 Å². The van der Waals surface area contributed by atoms with E-state index in [1.165, 1.54) is 141 Å². The topological polar surface area (TPSA) is 115 Å². The number of unbranched alkanes of at least 4 members (excludes halogenated alkanes) is 6. The number of carbonyl (C=O) groups excluding carboxylic acids is 4. The van der Waals surface area contributed by atoms with Crippen molar-refractivity contribution >= 4 is 114 Å². The molecule has 0 aromatic carbocycles. The van der Waals surface area contributed by atoms with Crippen molar-refractivity contribution in [3.63, 3.8) is 0 Å². The van der Waals surface area contributed by atoms with Crippen LogP contribution in [0.2, 0.25) is 0 Å². The lowest BCUT2D eigenvalue weighted by Gasteiger charge is -2.28. The molecule has 0 aromatic rings. The molecule has 6 unspecified atom stereocenters. The molecule has 0 amide bonds. The van der Waals surface area contributed by atoms with Gasteiger partial charge in [0, 0.05) is 66.4 Å². The van der Waals surface area contributed by atoms with E-state index in [1.54, 1.807) is 0 Å². The molecule has 0 aliphatic heterocycles. The highest BCUT2D eigenvalue weighted by Gasteiger charge is 2.23. The summed E-state index contributed by atoms with van der Waals surface area (Å²) in [6, 6.07) is 0. The van der Waals surface area contributed by atoms with Gasteiger partial charge in [0.05, 0.1) is 25.7 Å². The van der Waals surface area contributed by atoms with Crippen molar-refractivity contribution < 1.29 is 38.1 Å². The van der Waals surface area contributed by atoms with Gasteiger partial charge in [-0.3, -0.25) is 19.2 Å². The Morgan fingerprint density at radius 2 is 0.767 bits per heavy atom. The normalized spacial score (nSPS) is 13.9. The molecule has 0 rings (SSSR count). The quantitative estimate of drug-likeness (QED) is 0.0198. The van der Waals surface area contributed by atoms with Crippen LogP contribution in [0.3, 0.4) is 0 Å². The molecule has 0 saturated carbocycles. The fraction of sp³-hybridized carbons (Fsp3) is 0.940. The van der Waals surface area contributed by atoms with Gasteiger partial charge >= 0.3 is 23.9 Å². The van der Waals surface area contributed by atoms with Crippen molar-refractivity contribution in [2.45, 2.75) is 235 Å². The monoisotopic (exact) mass is 1360 g/mol. The molecule has 86 heavy (non-hydrogen) atoms. The van der Waals surface area contributed by atoms with E-state index >= 15 is 0 Å². The molecule has 0 bridgehead atoms. The fourth-order valence-corrected chi connectivity index (χ4v) is 18.5. The van der Waals surface area contributed by atoms with Gasteiger partial charge in [-0.1, -0.05) is 204 Å². The van der Waals surface area contributed by atoms with E-state index in [0.29, 0.717) is 57.7 Å². The number of nitrogens with zero attached hydrogens (tertiary/aromatic N) is 3. The summed E-state index contributed by atoms with van der Waals surface area (Å²) in [6.07, 6.45) is 31.0. The number of ether oxygens (including phenoxy) is 4. The van der Waals surface area contributed by atoms with Gasteiger partial charge in [-0.2, -0.15) is 25.3 Å². The molecule has 0 aliphatic rings. The first-order chi connectivity index (χ1) is 41.8. The summed E-state index contributed by atoms with van der Waals surface area (Å²) < 4.78 is 22.4. The summed E-state index contributed by atoms with van der Waals surface area (Å²) in [5, 5.41) is 0. The molecule has 0 N–H and O–H groups in total. The zero-order chi connectivity index (χ0) is 63.5. The highest BCUT2D eigenvalue weighted by atomic mass is 33.1. The van der Waals surface area contributed by atoms with E-state index < -0.39 is 0 Å². The van der Waals surface area contributed by atoms with Crippen LogP contribution in [0.5, 0.6) is 0 Å². The van der Waals surface area contributed by atoms with Crippen LogP contribution in [-0.2, 0) is 38.1 Å². The lowest BCUT2D eigenvalue weighted by atomic mass is 9.79. The number of hydrogen-bond donors (Lipinski definition) is 2. The summed E-state index contributed by atoms with van der Waals surface area (Å²) in [6.45, 7) is 25.3.